The molecule has 2 N–H and O–H groups in total. The number of carbonyl (C=O) groups is 3. The number of amides is 2. The van der Waals surface area contributed by atoms with Gasteiger partial charge in [0.05, 0.1) is 11.8 Å². The highest BCUT2D eigenvalue weighted by molar-refractivity contribution is 5.84. The van der Waals surface area contributed by atoms with E-state index in [9.17, 15) is 19.5 Å². The number of carboxylic acids is 1. The van der Waals surface area contributed by atoms with Gasteiger partial charge in [-0.15, -0.1) is 0 Å². The van der Waals surface area contributed by atoms with E-state index in [1.54, 1.807) is 4.90 Å². The average molecular weight is 352 g/mol. The van der Waals surface area contributed by atoms with Crippen LogP contribution in [0.25, 0.3) is 0 Å². The van der Waals surface area contributed by atoms with Gasteiger partial charge < -0.3 is 15.3 Å². The van der Waals surface area contributed by atoms with E-state index < -0.39 is 17.3 Å². The summed E-state index contributed by atoms with van der Waals surface area (Å²) in [6, 6.07) is -0.291. The second kappa shape index (κ2) is 8.19. The number of piperidine rings is 1. The molecule has 0 aromatic carbocycles. The summed E-state index contributed by atoms with van der Waals surface area (Å²) in [5.41, 5.74) is -0.450. The minimum Gasteiger partial charge on any atom is -0.481 e. The summed E-state index contributed by atoms with van der Waals surface area (Å²) in [5, 5.41) is 12.5. The second-order valence-corrected chi connectivity index (χ2v) is 8.54. The number of hydrogen-bond acceptors (Lipinski definition) is 3. The van der Waals surface area contributed by atoms with Crippen molar-refractivity contribution in [2.45, 2.75) is 71.8 Å². The Labute approximate surface area is 150 Å². The number of carbonyl (C=O) groups excluding carboxylic acids is 2. The van der Waals surface area contributed by atoms with Crippen LogP contribution in [0.2, 0.25) is 0 Å². The van der Waals surface area contributed by atoms with Crippen LogP contribution in [0.4, 0.5) is 0 Å². The van der Waals surface area contributed by atoms with Crippen molar-refractivity contribution in [3.05, 3.63) is 0 Å². The molecule has 1 aliphatic carbocycles. The van der Waals surface area contributed by atoms with Crippen molar-refractivity contribution in [2.24, 2.45) is 17.3 Å². The van der Waals surface area contributed by atoms with Gasteiger partial charge in [-0.25, -0.2) is 0 Å². The molecule has 2 rings (SSSR count). The minimum absolute atomic E-state index is 0.0721. The average Bonchev–Trinajstić information content (AvgIpc) is 2.79. The van der Waals surface area contributed by atoms with Crippen LogP contribution in [-0.2, 0) is 14.4 Å². The molecule has 1 saturated heterocycles. The van der Waals surface area contributed by atoms with Crippen LogP contribution in [0.1, 0.15) is 65.7 Å². The maximum absolute atomic E-state index is 12.7. The number of carboxylic acid groups (broad SMARTS) is 1. The molecule has 1 heterocycles. The Morgan fingerprint density at radius 3 is 2.32 bits per heavy atom. The van der Waals surface area contributed by atoms with E-state index in [0.717, 1.165) is 38.5 Å². The number of aliphatic carboxylic acids is 1. The standard InChI is InChI=1S/C19H32N2O4/c1-19(2,3)18(25)21-11-7-8-13(12-21)16(22)20-15-10-6-4-5-9-14(15)17(23)24/h13-15H,4-12H2,1-3H3,(H,20,22)(H,23,24)/t13?,14-,15+/m1/s1. The van der Waals surface area contributed by atoms with E-state index in [4.69, 9.17) is 0 Å². The van der Waals surface area contributed by atoms with Gasteiger partial charge in [-0.3, -0.25) is 14.4 Å². The molecular weight excluding hydrogens is 320 g/mol. The van der Waals surface area contributed by atoms with Gasteiger partial charge in [0.25, 0.3) is 0 Å². The first-order valence-corrected chi connectivity index (χ1v) is 9.52. The molecule has 2 fully saturated rings. The van der Waals surface area contributed by atoms with Crippen LogP contribution in [0.5, 0.6) is 0 Å². The summed E-state index contributed by atoms with van der Waals surface area (Å²) < 4.78 is 0. The molecule has 2 aliphatic rings. The Morgan fingerprint density at radius 2 is 1.68 bits per heavy atom. The van der Waals surface area contributed by atoms with Crippen LogP contribution in [0.3, 0.4) is 0 Å². The van der Waals surface area contributed by atoms with Gasteiger partial charge in [-0.05, 0) is 25.7 Å². The zero-order chi connectivity index (χ0) is 18.6. The van der Waals surface area contributed by atoms with Crippen molar-refractivity contribution >= 4 is 17.8 Å². The van der Waals surface area contributed by atoms with Crippen molar-refractivity contribution in [3.63, 3.8) is 0 Å². The van der Waals surface area contributed by atoms with Crippen LogP contribution in [0, 0.1) is 17.3 Å². The third kappa shape index (κ3) is 5.19. The molecule has 0 radical (unpaired) electrons. The van der Waals surface area contributed by atoms with E-state index in [1.165, 1.54) is 0 Å². The van der Waals surface area contributed by atoms with Gasteiger partial charge in [0.1, 0.15) is 0 Å². The van der Waals surface area contributed by atoms with Crippen LogP contribution >= 0.6 is 0 Å². The molecule has 1 saturated carbocycles. The van der Waals surface area contributed by atoms with Gasteiger partial charge in [-0.2, -0.15) is 0 Å². The zero-order valence-electron chi connectivity index (χ0n) is 15.7. The third-order valence-electron chi connectivity index (χ3n) is 5.38. The monoisotopic (exact) mass is 352 g/mol. The first-order valence-electron chi connectivity index (χ1n) is 9.52. The number of hydrogen-bond donors (Lipinski definition) is 2. The second-order valence-electron chi connectivity index (χ2n) is 8.54. The van der Waals surface area contributed by atoms with Gasteiger partial charge >= 0.3 is 5.97 Å². The Morgan fingerprint density at radius 1 is 1.00 bits per heavy atom. The highest BCUT2D eigenvalue weighted by Crippen LogP contribution is 2.26. The lowest BCUT2D eigenvalue weighted by molar-refractivity contribution is -0.143. The number of rotatable bonds is 3. The zero-order valence-corrected chi connectivity index (χ0v) is 15.7. The number of likely N-dealkylation sites (tertiary alicyclic amines) is 1. The largest absolute Gasteiger partial charge is 0.481 e. The fourth-order valence-corrected chi connectivity index (χ4v) is 3.93. The Balaban J connectivity index is 1.99. The Bertz CT molecular complexity index is 512. The fraction of sp³-hybridized carbons (Fsp3) is 0.842. The van der Waals surface area contributed by atoms with E-state index in [1.807, 2.05) is 20.8 Å². The Kier molecular flexibility index (Phi) is 6.47. The van der Waals surface area contributed by atoms with Crippen molar-refractivity contribution in [2.75, 3.05) is 13.1 Å². The molecule has 25 heavy (non-hydrogen) atoms. The topological polar surface area (TPSA) is 86.7 Å². The van der Waals surface area contributed by atoms with Gasteiger partial charge in [0.2, 0.25) is 11.8 Å². The summed E-state index contributed by atoms with van der Waals surface area (Å²) in [6.07, 6.45) is 5.79. The molecule has 0 aromatic rings. The Hall–Kier alpha value is -1.59. The summed E-state index contributed by atoms with van der Waals surface area (Å²) in [7, 11) is 0. The summed E-state index contributed by atoms with van der Waals surface area (Å²) in [4.78, 5) is 38.5. The van der Waals surface area contributed by atoms with E-state index >= 15 is 0 Å². The number of nitrogens with one attached hydrogen (secondary N) is 1. The molecule has 2 amide bonds. The van der Waals surface area contributed by atoms with Crippen molar-refractivity contribution in [1.29, 1.82) is 0 Å². The quantitative estimate of drug-likeness (QED) is 0.764. The van der Waals surface area contributed by atoms with E-state index in [0.29, 0.717) is 19.5 Å². The summed E-state index contributed by atoms with van der Waals surface area (Å²) in [6.45, 7) is 6.81. The van der Waals surface area contributed by atoms with Crippen LogP contribution in [0.15, 0.2) is 0 Å². The minimum atomic E-state index is -0.819. The smallest absolute Gasteiger partial charge is 0.308 e. The SMILES string of the molecule is CC(C)(C)C(=O)N1CCCC(C(=O)N[C@H]2CCCCC[C@H]2C(=O)O)C1. The van der Waals surface area contributed by atoms with Gasteiger partial charge in [0.15, 0.2) is 0 Å². The third-order valence-corrected chi connectivity index (χ3v) is 5.38. The predicted molar refractivity (Wildman–Crippen MR) is 94.9 cm³/mol. The lowest BCUT2D eigenvalue weighted by Crippen LogP contribution is -2.51. The molecule has 142 valence electrons. The molecule has 1 aliphatic heterocycles. The number of nitrogens with zero attached hydrogens (tertiary/aromatic N) is 1. The highest BCUT2D eigenvalue weighted by atomic mass is 16.4. The lowest BCUT2D eigenvalue weighted by atomic mass is 9.90. The predicted octanol–water partition coefficient (Wildman–Crippen LogP) is 2.42. The van der Waals surface area contributed by atoms with E-state index in [-0.39, 0.29) is 23.8 Å². The molecule has 6 heteroatoms. The van der Waals surface area contributed by atoms with Crippen molar-refractivity contribution in [1.82, 2.24) is 10.2 Å². The molecular formula is C19H32N2O4. The fourth-order valence-electron chi connectivity index (χ4n) is 3.93. The van der Waals surface area contributed by atoms with Gasteiger partial charge in [-0.1, -0.05) is 40.0 Å². The van der Waals surface area contributed by atoms with Gasteiger partial charge in [0, 0.05) is 24.5 Å². The van der Waals surface area contributed by atoms with Crippen LogP contribution < -0.4 is 5.32 Å². The normalized spacial score (nSPS) is 28.1. The summed E-state index contributed by atoms with van der Waals surface area (Å²) >= 11 is 0. The molecule has 0 bridgehead atoms. The maximum Gasteiger partial charge on any atom is 0.308 e. The van der Waals surface area contributed by atoms with Crippen molar-refractivity contribution < 1.29 is 19.5 Å². The molecule has 0 spiro atoms. The lowest BCUT2D eigenvalue weighted by Gasteiger charge is -2.36. The first kappa shape index (κ1) is 19.7. The van der Waals surface area contributed by atoms with E-state index in [2.05, 4.69) is 5.32 Å². The molecule has 6 nitrogen and oxygen atoms in total. The summed E-state index contributed by atoms with van der Waals surface area (Å²) in [5.74, 6) is -1.58. The highest BCUT2D eigenvalue weighted by Gasteiger charge is 2.36. The van der Waals surface area contributed by atoms with Crippen LogP contribution in [-0.4, -0.2) is 46.9 Å². The molecule has 0 aromatic heterocycles. The molecule has 3 atom stereocenters. The van der Waals surface area contributed by atoms with Crippen molar-refractivity contribution in [3.8, 4) is 0 Å². The maximum atomic E-state index is 12.7. The molecule has 1 unspecified atom stereocenters. The first-order chi connectivity index (χ1) is 11.7.